The molecule has 0 spiro atoms. The molecule has 2 aromatic carbocycles. The number of ether oxygens (including phenoxy) is 2. The predicted octanol–water partition coefficient (Wildman–Crippen LogP) is 4.31. The normalized spacial score (nSPS) is 11.7. The van der Waals surface area contributed by atoms with Crippen molar-refractivity contribution in [3.63, 3.8) is 0 Å². The third-order valence-corrected chi connectivity index (χ3v) is 4.95. The van der Waals surface area contributed by atoms with E-state index in [1.165, 1.54) is 5.56 Å². The highest BCUT2D eigenvalue weighted by atomic mass is 16.5. The lowest BCUT2D eigenvalue weighted by Gasteiger charge is -2.16. The average Bonchev–Trinajstić information content (AvgIpc) is 2.76. The lowest BCUT2D eigenvalue weighted by atomic mass is 9.93. The molecule has 1 aromatic heterocycles. The van der Waals surface area contributed by atoms with Crippen molar-refractivity contribution in [2.75, 3.05) is 13.7 Å². The van der Waals surface area contributed by atoms with Crippen LogP contribution in [0.2, 0.25) is 0 Å². The minimum absolute atomic E-state index is 0.170. The number of carbonyl (C=O) groups is 1. The fourth-order valence-electron chi connectivity index (χ4n) is 3.40. The first-order valence-corrected chi connectivity index (χ1v) is 10.0. The zero-order chi connectivity index (χ0) is 20.5. The number of pyridine rings is 1. The van der Waals surface area contributed by atoms with E-state index in [0.717, 1.165) is 29.8 Å². The summed E-state index contributed by atoms with van der Waals surface area (Å²) in [7, 11) is 1.66. The molecule has 0 saturated heterocycles. The van der Waals surface area contributed by atoms with Gasteiger partial charge in [0.25, 0.3) is 0 Å². The van der Waals surface area contributed by atoms with Crippen molar-refractivity contribution in [1.29, 1.82) is 0 Å². The minimum Gasteiger partial charge on any atom is -0.497 e. The van der Waals surface area contributed by atoms with Crippen molar-refractivity contribution in [3.8, 4) is 5.75 Å². The van der Waals surface area contributed by atoms with E-state index in [0.29, 0.717) is 13.0 Å². The Morgan fingerprint density at radius 3 is 2.38 bits per heavy atom. The monoisotopic (exact) mass is 390 g/mol. The summed E-state index contributed by atoms with van der Waals surface area (Å²) in [6.07, 6.45) is 5.52. The zero-order valence-corrected chi connectivity index (χ0v) is 17.1. The molecule has 29 heavy (non-hydrogen) atoms. The van der Waals surface area contributed by atoms with E-state index in [4.69, 9.17) is 9.47 Å². The Kier molecular flexibility index (Phi) is 7.40. The molecule has 0 saturated carbocycles. The molecule has 0 radical (unpaired) electrons. The van der Waals surface area contributed by atoms with Gasteiger partial charge in [-0.1, -0.05) is 42.5 Å². The van der Waals surface area contributed by atoms with Crippen LogP contribution in [0.5, 0.6) is 5.75 Å². The summed E-state index contributed by atoms with van der Waals surface area (Å²) in [6, 6.07) is 22.3. The van der Waals surface area contributed by atoms with Crippen LogP contribution in [0, 0.1) is 0 Å². The molecule has 0 bridgehead atoms. The Balaban J connectivity index is 1.72. The molecule has 3 rings (SSSR count). The van der Waals surface area contributed by atoms with Crippen LogP contribution in [0.3, 0.4) is 0 Å². The quantitative estimate of drug-likeness (QED) is 0.404. The summed E-state index contributed by atoms with van der Waals surface area (Å²) >= 11 is 0. The Bertz CT molecular complexity index is 907. The summed E-state index contributed by atoms with van der Waals surface area (Å²) < 4.78 is 12.8. The van der Waals surface area contributed by atoms with E-state index >= 15 is 0 Å². The highest BCUT2D eigenvalue weighted by Crippen LogP contribution is 2.24. The number of hydrogen-bond donors (Lipinski definition) is 0. The maximum atomic E-state index is 12.6. The molecule has 0 fully saturated rings. The van der Waals surface area contributed by atoms with Crippen molar-refractivity contribution in [2.24, 2.45) is 0 Å². The van der Waals surface area contributed by atoms with Crippen molar-refractivity contribution < 1.29 is 18.8 Å². The number of esters is 1. The van der Waals surface area contributed by atoms with Gasteiger partial charge in [-0.25, -0.2) is 4.57 Å². The number of aromatic nitrogens is 1. The number of nitrogens with zero attached hydrogens (tertiary/aromatic N) is 1. The van der Waals surface area contributed by atoms with Gasteiger partial charge >= 0.3 is 5.97 Å². The molecule has 1 heterocycles. The maximum Gasteiger partial charge on any atom is 0.313 e. The lowest BCUT2D eigenvalue weighted by Crippen LogP contribution is -2.33. The van der Waals surface area contributed by atoms with Crippen LogP contribution < -0.4 is 9.30 Å². The van der Waals surface area contributed by atoms with Crippen LogP contribution in [0.25, 0.3) is 0 Å². The molecule has 0 N–H and O–H groups in total. The second-order valence-electron chi connectivity index (χ2n) is 6.98. The smallest absolute Gasteiger partial charge is 0.313 e. The van der Waals surface area contributed by atoms with Crippen LogP contribution in [0.15, 0.2) is 79.1 Å². The summed E-state index contributed by atoms with van der Waals surface area (Å²) in [5.74, 6) is 0.376. The van der Waals surface area contributed by atoms with Gasteiger partial charge in [-0.2, -0.15) is 0 Å². The number of rotatable bonds is 9. The molecule has 150 valence electrons. The number of aryl methyl sites for hydroxylation is 1. The first-order valence-electron chi connectivity index (χ1n) is 10.0. The first-order chi connectivity index (χ1) is 14.2. The molecule has 0 aliphatic rings. The molecule has 1 atom stereocenters. The fourth-order valence-corrected chi connectivity index (χ4v) is 3.40. The van der Waals surface area contributed by atoms with Gasteiger partial charge in [0.1, 0.15) is 5.75 Å². The summed E-state index contributed by atoms with van der Waals surface area (Å²) in [6.45, 7) is 3.03. The zero-order valence-electron chi connectivity index (χ0n) is 17.1. The van der Waals surface area contributed by atoms with Gasteiger partial charge < -0.3 is 9.47 Å². The first kappa shape index (κ1) is 20.6. The van der Waals surface area contributed by atoms with E-state index in [1.54, 1.807) is 7.11 Å². The van der Waals surface area contributed by atoms with Gasteiger partial charge in [-0.05, 0) is 43.0 Å². The number of hydrogen-bond acceptors (Lipinski definition) is 3. The van der Waals surface area contributed by atoms with Gasteiger partial charge in [-0.3, -0.25) is 4.79 Å². The molecule has 4 heteroatoms. The lowest BCUT2D eigenvalue weighted by molar-refractivity contribution is -0.688. The van der Waals surface area contributed by atoms with Crippen molar-refractivity contribution in [1.82, 2.24) is 0 Å². The van der Waals surface area contributed by atoms with Gasteiger partial charge in [-0.15, -0.1) is 0 Å². The number of carbonyl (C=O) groups excluding carboxylic acids is 1. The second kappa shape index (κ2) is 10.4. The molecule has 4 nitrogen and oxygen atoms in total. The molecular weight excluding hydrogens is 362 g/mol. The number of methoxy groups -OCH3 is 1. The summed E-state index contributed by atoms with van der Waals surface area (Å²) in [5, 5.41) is 0. The minimum atomic E-state index is -0.285. The molecule has 0 aliphatic carbocycles. The van der Waals surface area contributed by atoms with E-state index in [-0.39, 0.29) is 11.9 Å². The third-order valence-electron chi connectivity index (χ3n) is 4.95. The van der Waals surface area contributed by atoms with E-state index in [1.807, 2.05) is 67.8 Å². The van der Waals surface area contributed by atoms with Crippen LogP contribution in [-0.4, -0.2) is 19.7 Å². The van der Waals surface area contributed by atoms with Crippen molar-refractivity contribution in [3.05, 3.63) is 95.8 Å². The van der Waals surface area contributed by atoms with Crippen LogP contribution >= 0.6 is 0 Å². The van der Waals surface area contributed by atoms with Crippen molar-refractivity contribution in [2.45, 2.75) is 32.2 Å². The number of benzene rings is 2. The van der Waals surface area contributed by atoms with Gasteiger partial charge in [0, 0.05) is 17.7 Å². The summed E-state index contributed by atoms with van der Waals surface area (Å²) in [5.41, 5.74) is 3.37. The standard InChI is InChI=1S/C25H28NO3/c1-3-29-25(27)24(13-12-20-10-7-11-23(18-20)28-2)22-14-16-26(17-15-22)19-21-8-5-4-6-9-21/h4-11,14-18,24H,3,12-13,19H2,1-2H3/q+1. The molecule has 0 aliphatic heterocycles. The Hall–Kier alpha value is -3.14. The van der Waals surface area contributed by atoms with E-state index in [9.17, 15) is 4.79 Å². The van der Waals surface area contributed by atoms with Gasteiger partial charge in [0.2, 0.25) is 0 Å². The average molecular weight is 391 g/mol. The third kappa shape index (κ3) is 5.92. The van der Waals surface area contributed by atoms with E-state index in [2.05, 4.69) is 22.8 Å². The molecule has 0 amide bonds. The molecular formula is C25H28NO3+. The Morgan fingerprint density at radius 2 is 1.69 bits per heavy atom. The van der Waals surface area contributed by atoms with Crippen LogP contribution in [-0.2, 0) is 22.5 Å². The molecule has 3 aromatic rings. The van der Waals surface area contributed by atoms with Gasteiger partial charge in [0.05, 0.1) is 19.6 Å². The van der Waals surface area contributed by atoms with Crippen LogP contribution in [0.1, 0.15) is 36.0 Å². The topological polar surface area (TPSA) is 39.4 Å². The largest absolute Gasteiger partial charge is 0.497 e. The Morgan fingerprint density at radius 1 is 0.966 bits per heavy atom. The maximum absolute atomic E-state index is 12.6. The Labute approximate surface area is 172 Å². The van der Waals surface area contributed by atoms with Crippen molar-refractivity contribution >= 4 is 5.97 Å². The predicted molar refractivity (Wildman–Crippen MR) is 113 cm³/mol. The van der Waals surface area contributed by atoms with Crippen LogP contribution in [0.4, 0.5) is 0 Å². The summed E-state index contributed by atoms with van der Waals surface area (Å²) in [4.78, 5) is 12.6. The fraction of sp³-hybridized carbons (Fsp3) is 0.280. The molecule has 1 unspecified atom stereocenters. The SMILES string of the molecule is CCOC(=O)C(CCc1cccc(OC)c1)c1cc[n+](Cc2ccccc2)cc1. The van der Waals surface area contributed by atoms with Gasteiger partial charge in [0.15, 0.2) is 18.9 Å². The highest BCUT2D eigenvalue weighted by molar-refractivity contribution is 5.78. The second-order valence-corrected chi connectivity index (χ2v) is 6.98. The van der Waals surface area contributed by atoms with E-state index < -0.39 is 0 Å². The highest BCUT2D eigenvalue weighted by Gasteiger charge is 2.23.